The molecule has 224 valence electrons. The molecule has 8 nitrogen and oxygen atoms in total. The number of hydrogen-bond acceptors (Lipinski definition) is 6. The molecule has 10 heteroatoms. The summed E-state index contributed by atoms with van der Waals surface area (Å²) in [7, 11) is 4.88. The monoisotopic (exact) mass is 619 g/mol. The number of anilines is 1. The standard InChI is InChI=1S/C33H34ClN3O5S/c1-35-33(40)42-26-15-13-25(14-16-26)37(32(39)31-30(34)27-6-4-5-7-29(27)43-31)19-23-18-22(10-17-28(23)41-3)21-8-11-24(12-9-21)36(2)20-38/h4-12,17-18,20,25-26H,13-16,19H2,1-3H3,(H,35,40). The van der Waals surface area contributed by atoms with Gasteiger partial charge in [0.1, 0.15) is 16.7 Å². The normalized spacial score (nSPS) is 16.4. The SMILES string of the molecule is CNC(=O)OC1CCC(N(Cc2cc(-c3ccc(N(C)C=O)cc3)ccc2OC)C(=O)c2sc3ccccc3c2Cl)CC1. The van der Waals surface area contributed by atoms with Crippen LogP contribution in [0.1, 0.15) is 40.9 Å². The maximum atomic E-state index is 14.3. The van der Waals surface area contributed by atoms with E-state index in [4.69, 9.17) is 21.1 Å². The molecule has 1 heterocycles. The fraction of sp³-hybridized carbons (Fsp3) is 0.303. The molecule has 43 heavy (non-hydrogen) atoms. The Bertz CT molecular complexity index is 1610. The van der Waals surface area contributed by atoms with Crippen LogP contribution in [-0.4, -0.2) is 56.7 Å². The zero-order valence-corrected chi connectivity index (χ0v) is 25.9. The van der Waals surface area contributed by atoms with Crippen LogP contribution in [0.15, 0.2) is 66.7 Å². The minimum atomic E-state index is -0.444. The van der Waals surface area contributed by atoms with Crippen LogP contribution in [0.4, 0.5) is 10.5 Å². The molecule has 1 fully saturated rings. The average molecular weight is 620 g/mol. The molecule has 1 aliphatic rings. The molecule has 0 atom stereocenters. The Labute approximate surface area is 260 Å². The molecule has 3 aromatic carbocycles. The van der Waals surface area contributed by atoms with Crippen molar-refractivity contribution in [3.63, 3.8) is 0 Å². The molecule has 5 rings (SSSR count). The van der Waals surface area contributed by atoms with Crippen molar-refractivity contribution in [1.82, 2.24) is 10.2 Å². The molecular weight excluding hydrogens is 586 g/mol. The molecule has 0 aliphatic heterocycles. The molecule has 1 saturated carbocycles. The summed E-state index contributed by atoms with van der Waals surface area (Å²) < 4.78 is 12.2. The Morgan fingerprint density at radius 3 is 2.37 bits per heavy atom. The quantitative estimate of drug-likeness (QED) is 0.201. The lowest BCUT2D eigenvalue weighted by atomic mass is 9.91. The van der Waals surface area contributed by atoms with Crippen molar-refractivity contribution in [1.29, 1.82) is 0 Å². The Hall–Kier alpha value is -4.08. The van der Waals surface area contributed by atoms with Crippen LogP contribution in [-0.2, 0) is 16.1 Å². The third-order valence-electron chi connectivity index (χ3n) is 7.94. The number of amides is 3. The first-order chi connectivity index (χ1) is 20.8. The van der Waals surface area contributed by atoms with Crippen LogP contribution >= 0.6 is 22.9 Å². The Morgan fingerprint density at radius 1 is 1.02 bits per heavy atom. The van der Waals surface area contributed by atoms with Gasteiger partial charge in [0.2, 0.25) is 6.41 Å². The van der Waals surface area contributed by atoms with E-state index in [1.54, 1.807) is 21.2 Å². The molecule has 1 aromatic heterocycles. The van der Waals surface area contributed by atoms with Crippen molar-refractivity contribution in [3.8, 4) is 16.9 Å². The number of methoxy groups -OCH3 is 1. The Kier molecular flexibility index (Phi) is 9.52. The van der Waals surface area contributed by atoms with E-state index in [1.165, 1.54) is 16.2 Å². The number of nitrogens with zero attached hydrogens (tertiary/aromatic N) is 2. The molecular formula is C33H34ClN3O5S. The summed E-state index contributed by atoms with van der Waals surface area (Å²) in [6.45, 7) is 0.317. The lowest BCUT2D eigenvalue weighted by Gasteiger charge is -2.37. The minimum absolute atomic E-state index is 0.0789. The van der Waals surface area contributed by atoms with E-state index in [9.17, 15) is 14.4 Å². The summed E-state index contributed by atoms with van der Waals surface area (Å²) in [5, 5.41) is 3.84. The molecule has 0 radical (unpaired) electrons. The molecule has 3 amide bonds. The van der Waals surface area contributed by atoms with Crippen molar-refractivity contribution in [2.75, 3.05) is 26.1 Å². The second kappa shape index (κ2) is 13.5. The van der Waals surface area contributed by atoms with Gasteiger partial charge in [0, 0.05) is 48.0 Å². The van der Waals surface area contributed by atoms with Crippen molar-refractivity contribution in [3.05, 3.63) is 82.2 Å². The van der Waals surface area contributed by atoms with Crippen LogP contribution in [0.2, 0.25) is 5.02 Å². The Morgan fingerprint density at radius 2 is 1.72 bits per heavy atom. The zero-order valence-electron chi connectivity index (χ0n) is 24.3. The summed E-state index contributed by atoms with van der Waals surface area (Å²) in [4.78, 5) is 41.2. The van der Waals surface area contributed by atoms with E-state index in [1.807, 2.05) is 71.6 Å². The van der Waals surface area contributed by atoms with Gasteiger partial charge < -0.3 is 24.6 Å². The lowest BCUT2D eigenvalue weighted by molar-refractivity contribution is -0.107. The zero-order chi connectivity index (χ0) is 30.5. The summed E-state index contributed by atoms with van der Waals surface area (Å²) in [6.07, 6.45) is 2.81. The summed E-state index contributed by atoms with van der Waals surface area (Å²) in [5.41, 5.74) is 3.60. The number of fused-ring (bicyclic) bond motifs is 1. The largest absolute Gasteiger partial charge is 0.496 e. The maximum absolute atomic E-state index is 14.3. The first-order valence-corrected chi connectivity index (χ1v) is 15.3. The van der Waals surface area contributed by atoms with Crippen LogP contribution < -0.4 is 15.0 Å². The topological polar surface area (TPSA) is 88.2 Å². The van der Waals surface area contributed by atoms with Gasteiger partial charge in [-0.15, -0.1) is 11.3 Å². The molecule has 0 saturated heterocycles. The molecule has 0 bridgehead atoms. The van der Waals surface area contributed by atoms with Gasteiger partial charge in [0.15, 0.2) is 0 Å². The van der Waals surface area contributed by atoms with Gasteiger partial charge in [-0.3, -0.25) is 9.59 Å². The fourth-order valence-electron chi connectivity index (χ4n) is 5.55. The van der Waals surface area contributed by atoms with Crippen molar-refractivity contribution >= 4 is 57.1 Å². The third-order valence-corrected chi connectivity index (χ3v) is 9.60. The minimum Gasteiger partial charge on any atom is -0.496 e. The van der Waals surface area contributed by atoms with E-state index in [-0.39, 0.29) is 18.1 Å². The first-order valence-electron chi connectivity index (χ1n) is 14.1. The van der Waals surface area contributed by atoms with Gasteiger partial charge in [0.05, 0.1) is 12.1 Å². The summed E-state index contributed by atoms with van der Waals surface area (Å²) >= 11 is 8.19. The lowest BCUT2D eigenvalue weighted by Crippen LogP contribution is -2.43. The van der Waals surface area contributed by atoms with E-state index in [0.717, 1.165) is 38.9 Å². The van der Waals surface area contributed by atoms with Crippen LogP contribution in [0.5, 0.6) is 5.75 Å². The second-order valence-corrected chi connectivity index (χ2v) is 12.0. The van der Waals surface area contributed by atoms with Crippen LogP contribution in [0.3, 0.4) is 0 Å². The highest BCUT2D eigenvalue weighted by Gasteiger charge is 2.33. The number of halogens is 1. The van der Waals surface area contributed by atoms with E-state index >= 15 is 0 Å². The number of alkyl carbamates (subject to hydrolysis) is 1. The highest BCUT2D eigenvalue weighted by atomic mass is 35.5. The predicted molar refractivity (Wildman–Crippen MR) is 171 cm³/mol. The highest BCUT2D eigenvalue weighted by Crippen LogP contribution is 2.38. The number of carbonyl (C=O) groups excluding carboxylic acids is 3. The summed E-state index contributed by atoms with van der Waals surface area (Å²) in [5.74, 6) is 0.550. The van der Waals surface area contributed by atoms with Gasteiger partial charge in [-0.1, -0.05) is 48.0 Å². The summed E-state index contributed by atoms with van der Waals surface area (Å²) in [6, 6.07) is 21.3. The number of thiophene rings is 1. The van der Waals surface area contributed by atoms with Gasteiger partial charge in [-0.2, -0.15) is 0 Å². The molecule has 0 spiro atoms. The predicted octanol–water partition coefficient (Wildman–Crippen LogP) is 7.13. The molecule has 4 aromatic rings. The molecule has 0 unspecified atom stereocenters. The van der Waals surface area contributed by atoms with E-state index in [2.05, 4.69) is 5.32 Å². The number of hydrogen-bond donors (Lipinski definition) is 1. The number of carbonyl (C=O) groups is 3. The van der Waals surface area contributed by atoms with Gasteiger partial charge in [-0.05, 0) is 67.1 Å². The average Bonchev–Trinajstić information content (AvgIpc) is 3.39. The van der Waals surface area contributed by atoms with E-state index < -0.39 is 6.09 Å². The van der Waals surface area contributed by atoms with Gasteiger partial charge in [-0.25, -0.2) is 4.79 Å². The van der Waals surface area contributed by atoms with Crippen molar-refractivity contribution in [2.45, 2.75) is 44.4 Å². The molecule has 1 aliphatic carbocycles. The number of benzene rings is 3. The number of ether oxygens (including phenoxy) is 2. The van der Waals surface area contributed by atoms with Gasteiger partial charge in [0.25, 0.3) is 5.91 Å². The van der Waals surface area contributed by atoms with Crippen molar-refractivity contribution < 1.29 is 23.9 Å². The molecule has 1 N–H and O–H groups in total. The number of nitrogens with one attached hydrogen (secondary N) is 1. The number of rotatable bonds is 9. The third kappa shape index (κ3) is 6.63. The smallest absolute Gasteiger partial charge is 0.407 e. The van der Waals surface area contributed by atoms with Gasteiger partial charge >= 0.3 is 6.09 Å². The Balaban J connectivity index is 1.48. The first kappa shape index (κ1) is 30.4. The fourth-order valence-corrected chi connectivity index (χ4v) is 7.02. The van der Waals surface area contributed by atoms with Crippen LogP contribution in [0.25, 0.3) is 21.2 Å². The van der Waals surface area contributed by atoms with Crippen LogP contribution in [0, 0.1) is 0 Å². The van der Waals surface area contributed by atoms with E-state index in [0.29, 0.717) is 47.9 Å². The highest BCUT2D eigenvalue weighted by molar-refractivity contribution is 7.21. The van der Waals surface area contributed by atoms with Crippen molar-refractivity contribution in [2.24, 2.45) is 0 Å². The maximum Gasteiger partial charge on any atom is 0.407 e. The second-order valence-electron chi connectivity index (χ2n) is 10.6.